The number of nitrogens with zero attached hydrogens (tertiary/aromatic N) is 6. The summed E-state index contributed by atoms with van der Waals surface area (Å²) in [5, 5.41) is 16.3. The van der Waals surface area contributed by atoms with Crippen molar-refractivity contribution in [3.05, 3.63) is 16.2 Å². The van der Waals surface area contributed by atoms with Gasteiger partial charge >= 0.3 is 12.1 Å². The van der Waals surface area contributed by atoms with Crippen molar-refractivity contribution in [3.63, 3.8) is 0 Å². The van der Waals surface area contributed by atoms with Crippen molar-refractivity contribution in [3.8, 4) is 17.9 Å². The van der Waals surface area contributed by atoms with Gasteiger partial charge in [0.25, 0.3) is 5.56 Å². The second kappa shape index (κ2) is 9.49. The number of aromatic nitrogens is 4. The number of alkyl halides is 3. The molecule has 2 aromatic rings. The SMILES string of the molecule is CC#CCn1c(N2CCCC(N)C2)nc2nc(C#N)n(C)c(=O)c21.O=C(O)C(F)(F)F. The standard InChI is InChI=1S/C16H19N7O.C2HF3O2/c1-3-4-8-23-13-14(19-12(9-17)21(2)15(13)24)20-16(23)22-7-5-6-11(18)10-22;3-2(4,5)1(6)7/h11H,5-8,10,18H2,1-2H3;(H,6,7). The van der Waals surface area contributed by atoms with Gasteiger partial charge in [-0.25, -0.2) is 4.79 Å². The maximum absolute atomic E-state index is 12.7. The van der Waals surface area contributed by atoms with Crippen molar-refractivity contribution < 1.29 is 23.1 Å². The molecule has 0 spiro atoms. The van der Waals surface area contributed by atoms with Crippen LogP contribution in [0.2, 0.25) is 0 Å². The third kappa shape index (κ3) is 5.32. The van der Waals surface area contributed by atoms with Crippen molar-refractivity contribution in [2.75, 3.05) is 18.0 Å². The third-order valence-electron chi connectivity index (χ3n) is 4.46. The van der Waals surface area contributed by atoms with Crippen molar-refractivity contribution in [1.82, 2.24) is 19.1 Å². The second-order valence-electron chi connectivity index (χ2n) is 6.66. The monoisotopic (exact) mass is 439 g/mol. The minimum absolute atomic E-state index is 0.0422. The van der Waals surface area contributed by atoms with E-state index < -0.39 is 12.1 Å². The summed E-state index contributed by atoms with van der Waals surface area (Å²) >= 11 is 0. The van der Waals surface area contributed by atoms with E-state index in [4.69, 9.17) is 20.9 Å². The van der Waals surface area contributed by atoms with Gasteiger partial charge in [-0.05, 0) is 19.8 Å². The van der Waals surface area contributed by atoms with Gasteiger partial charge in [-0.3, -0.25) is 13.9 Å². The molecule has 0 aromatic carbocycles. The van der Waals surface area contributed by atoms with Crippen LogP contribution >= 0.6 is 0 Å². The Morgan fingerprint density at radius 3 is 2.55 bits per heavy atom. The first-order chi connectivity index (χ1) is 14.5. The molecule has 31 heavy (non-hydrogen) atoms. The van der Waals surface area contributed by atoms with E-state index in [0.717, 1.165) is 19.4 Å². The Morgan fingerprint density at radius 1 is 1.39 bits per heavy atom. The van der Waals surface area contributed by atoms with Gasteiger partial charge in [0.2, 0.25) is 11.8 Å². The van der Waals surface area contributed by atoms with Crippen molar-refractivity contribution >= 4 is 23.1 Å². The van der Waals surface area contributed by atoms with Gasteiger partial charge < -0.3 is 15.7 Å². The number of hydrogen-bond acceptors (Lipinski definition) is 7. The molecule has 10 nitrogen and oxygen atoms in total. The Morgan fingerprint density at radius 2 is 2.03 bits per heavy atom. The number of anilines is 1. The molecule has 3 heterocycles. The molecule has 166 valence electrons. The van der Waals surface area contributed by atoms with Crippen LogP contribution in [0.1, 0.15) is 25.6 Å². The molecule has 1 unspecified atom stereocenters. The molecule has 3 N–H and O–H groups in total. The largest absolute Gasteiger partial charge is 0.490 e. The van der Waals surface area contributed by atoms with Crippen molar-refractivity contribution in [2.24, 2.45) is 12.8 Å². The molecule has 0 saturated carbocycles. The van der Waals surface area contributed by atoms with Crippen LogP contribution in [0.25, 0.3) is 11.2 Å². The zero-order valence-electron chi connectivity index (χ0n) is 16.8. The van der Waals surface area contributed by atoms with Gasteiger partial charge in [-0.2, -0.15) is 28.4 Å². The summed E-state index contributed by atoms with van der Waals surface area (Å²) < 4.78 is 34.8. The van der Waals surface area contributed by atoms with Crippen molar-refractivity contribution in [1.29, 1.82) is 5.26 Å². The average molecular weight is 439 g/mol. The molecule has 1 aliphatic rings. The molecule has 2 aromatic heterocycles. The molecule has 1 saturated heterocycles. The predicted molar refractivity (Wildman–Crippen MR) is 104 cm³/mol. The molecule has 1 atom stereocenters. The first-order valence-electron chi connectivity index (χ1n) is 9.08. The molecule has 0 radical (unpaired) electrons. The van der Waals surface area contributed by atoms with Crippen LogP contribution in [0.3, 0.4) is 0 Å². The summed E-state index contributed by atoms with van der Waals surface area (Å²) in [4.78, 5) is 32.4. The minimum Gasteiger partial charge on any atom is -0.475 e. The van der Waals surface area contributed by atoms with Gasteiger partial charge in [0, 0.05) is 26.2 Å². The van der Waals surface area contributed by atoms with Crippen molar-refractivity contribution in [2.45, 2.75) is 38.5 Å². The van der Waals surface area contributed by atoms with E-state index in [2.05, 4.69) is 26.7 Å². The molecular formula is C18H20F3N7O3. The Labute approximate surface area is 174 Å². The van der Waals surface area contributed by atoms with Gasteiger partial charge in [-0.1, -0.05) is 5.92 Å². The van der Waals surface area contributed by atoms with E-state index in [1.165, 1.54) is 11.6 Å². The summed E-state index contributed by atoms with van der Waals surface area (Å²) in [5.74, 6) is 3.75. The number of hydrogen-bond donors (Lipinski definition) is 2. The molecular weight excluding hydrogens is 419 g/mol. The lowest BCUT2D eigenvalue weighted by molar-refractivity contribution is -0.192. The fraction of sp³-hybridized carbons (Fsp3) is 0.500. The lowest BCUT2D eigenvalue weighted by atomic mass is 10.1. The van der Waals surface area contributed by atoms with Crippen LogP contribution in [-0.4, -0.2) is 55.5 Å². The summed E-state index contributed by atoms with van der Waals surface area (Å²) in [5.41, 5.74) is 6.43. The van der Waals surface area contributed by atoms with Crippen LogP contribution in [0.15, 0.2) is 4.79 Å². The van der Waals surface area contributed by atoms with E-state index in [0.29, 0.717) is 24.6 Å². The number of rotatable bonds is 2. The Bertz CT molecular complexity index is 1140. The van der Waals surface area contributed by atoms with Crippen LogP contribution < -0.4 is 16.2 Å². The maximum atomic E-state index is 12.7. The van der Waals surface area contributed by atoms with Crippen LogP contribution in [-0.2, 0) is 18.4 Å². The highest BCUT2D eigenvalue weighted by Gasteiger charge is 2.38. The Balaban J connectivity index is 0.000000423. The zero-order valence-corrected chi connectivity index (χ0v) is 16.8. The number of imidazole rings is 1. The topological polar surface area (TPSA) is 143 Å². The first-order valence-corrected chi connectivity index (χ1v) is 9.08. The lowest BCUT2D eigenvalue weighted by Crippen LogP contribution is -2.44. The highest BCUT2D eigenvalue weighted by molar-refractivity contribution is 5.75. The number of carboxylic acid groups (broad SMARTS) is 1. The number of nitrogens with two attached hydrogens (primary N) is 1. The first kappa shape index (κ1) is 23.7. The summed E-state index contributed by atoms with van der Waals surface area (Å²) in [6, 6.07) is 2.01. The Kier molecular flexibility index (Phi) is 7.25. The van der Waals surface area contributed by atoms with Crippen LogP contribution in [0, 0.1) is 23.2 Å². The van der Waals surface area contributed by atoms with Gasteiger partial charge in [0.1, 0.15) is 6.07 Å². The number of fused-ring (bicyclic) bond motifs is 1. The number of nitriles is 1. The predicted octanol–water partition coefficient (Wildman–Crippen LogP) is 0.586. The third-order valence-corrected chi connectivity index (χ3v) is 4.46. The maximum Gasteiger partial charge on any atom is 0.490 e. The van der Waals surface area contributed by atoms with Gasteiger partial charge in [0.05, 0.1) is 6.54 Å². The van der Waals surface area contributed by atoms with Crippen LogP contribution in [0.4, 0.5) is 19.1 Å². The lowest BCUT2D eigenvalue weighted by Gasteiger charge is -2.31. The highest BCUT2D eigenvalue weighted by atomic mass is 19.4. The number of halogens is 3. The normalized spacial score (nSPS) is 16.0. The molecule has 0 aliphatic carbocycles. The Hall–Kier alpha value is -3.58. The fourth-order valence-electron chi connectivity index (χ4n) is 2.99. The van der Waals surface area contributed by atoms with E-state index in [-0.39, 0.29) is 23.1 Å². The number of piperidine rings is 1. The summed E-state index contributed by atoms with van der Waals surface area (Å²) in [6.45, 7) is 3.59. The smallest absolute Gasteiger partial charge is 0.475 e. The summed E-state index contributed by atoms with van der Waals surface area (Å²) in [6.07, 6.45) is -3.14. The molecule has 3 rings (SSSR count). The quantitative estimate of drug-likeness (QED) is 0.647. The molecule has 1 fully saturated rings. The second-order valence-corrected chi connectivity index (χ2v) is 6.66. The van der Waals surface area contributed by atoms with E-state index >= 15 is 0 Å². The zero-order chi connectivity index (χ0) is 23.3. The minimum atomic E-state index is -5.08. The molecule has 0 amide bonds. The fourth-order valence-corrected chi connectivity index (χ4v) is 2.99. The average Bonchev–Trinajstić information content (AvgIpc) is 3.07. The van der Waals surface area contributed by atoms with Gasteiger partial charge in [-0.15, -0.1) is 5.92 Å². The molecule has 1 aliphatic heterocycles. The van der Waals surface area contributed by atoms with Gasteiger partial charge in [0.15, 0.2) is 11.2 Å². The molecule has 0 bridgehead atoms. The number of aliphatic carboxylic acids is 1. The van der Waals surface area contributed by atoms with E-state index in [1.807, 2.05) is 6.07 Å². The van der Waals surface area contributed by atoms with Crippen LogP contribution in [0.5, 0.6) is 0 Å². The number of carbonyl (C=O) groups is 1. The van der Waals surface area contributed by atoms with E-state index in [9.17, 15) is 18.0 Å². The number of carboxylic acids is 1. The molecule has 13 heteroatoms. The summed E-state index contributed by atoms with van der Waals surface area (Å²) in [7, 11) is 1.53. The highest BCUT2D eigenvalue weighted by Crippen LogP contribution is 2.22. The van der Waals surface area contributed by atoms with E-state index in [1.54, 1.807) is 11.5 Å².